The van der Waals surface area contributed by atoms with Gasteiger partial charge in [-0.3, -0.25) is 9.69 Å². The van der Waals surface area contributed by atoms with Gasteiger partial charge in [-0.25, -0.2) is 0 Å². The number of anilines is 2. The van der Waals surface area contributed by atoms with Gasteiger partial charge in [-0.1, -0.05) is 29.8 Å². The number of carbonyl (C=O) groups excluding carboxylic acids is 1. The topological polar surface area (TPSA) is 44.8 Å². The normalized spacial score (nSPS) is 15.6. The molecule has 1 unspecified atom stereocenters. The molecule has 5 nitrogen and oxygen atoms in total. The summed E-state index contributed by atoms with van der Waals surface area (Å²) < 4.78 is 5.38. The van der Waals surface area contributed by atoms with Crippen molar-refractivity contribution in [3.63, 3.8) is 0 Å². The van der Waals surface area contributed by atoms with E-state index < -0.39 is 0 Å². The van der Waals surface area contributed by atoms with Crippen LogP contribution in [0.5, 0.6) is 0 Å². The average Bonchev–Trinajstić information content (AvgIpc) is 2.69. The summed E-state index contributed by atoms with van der Waals surface area (Å²) in [5, 5.41) is 3.69. The van der Waals surface area contributed by atoms with E-state index >= 15 is 0 Å². The molecule has 0 spiro atoms. The Bertz CT molecular complexity index is 760. The molecule has 2 aromatic rings. The number of nitrogens with one attached hydrogen (secondary N) is 1. The van der Waals surface area contributed by atoms with Crippen LogP contribution in [0.2, 0.25) is 5.02 Å². The van der Waals surface area contributed by atoms with Crippen molar-refractivity contribution in [2.24, 2.45) is 0 Å². The fourth-order valence-electron chi connectivity index (χ4n) is 3.19. The molecule has 1 aliphatic rings. The zero-order valence-corrected chi connectivity index (χ0v) is 16.6. The summed E-state index contributed by atoms with van der Waals surface area (Å²) in [7, 11) is 1.93. The number of benzene rings is 2. The van der Waals surface area contributed by atoms with Gasteiger partial charge >= 0.3 is 0 Å². The summed E-state index contributed by atoms with van der Waals surface area (Å²) in [6.45, 7) is 5.65. The third kappa shape index (κ3) is 5.22. The first kappa shape index (κ1) is 19.7. The van der Waals surface area contributed by atoms with Crippen LogP contribution in [0.1, 0.15) is 18.5 Å². The van der Waals surface area contributed by atoms with Crippen LogP contribution in [0.15, 0.2) is 48.5 Å². The third-order valence-electron chi connectivity index (χ3n) is 4.94. The molecule has 1 aliphatic heterocycles. The molecule has 1 fully saturated rings. The second-order valence-electron chi connectivity index (χ2n) is 6.81. The van der Waals surface area contributed by atoms with Gasteiger partial charge in [0, 0.05) is 35.5 Å². The SMILES string of the molecule is CC(c1ccccc1Cl)N(C)CC(=O)Nc1ccc(N2CCOCC2)cc1. The van der Waals surface area contributed by atoms with Crippen molar-refractivity contribution in [3.05, 3.63) is 59.1 Å². The number of nitrogens with zero attached hydrogens (tertiary/aromatic N) is 2. The number of hydrogen-bond donors (Lipinski definition) is 1. The highest BCUT2D eigenvalue weighted by Crippen LogP contribution is 2.26. The van der Waals surface area contributed by atoms with E-state index in [4.69, 9.17) is 16.3 Å². The molecular formula is C21H26ClN3O2. The minimum Gasteiger partial charge on any atom is -0.378 e. The molecule has 1 N–H and O–H groups in total. The van der Waals surface area contributed by atoms with Crippen molar-refractivity contribution in [2.45, 2.75) is 13.0 Å². The molecule has 1 saturated heterocycles. The van der Waals surface area contributed by atoms with Crippen molar-refractivity contribution in [3.8, 4) is 0 Å². The van der Waals surface area contributed by atoms with Gasteiger partial charge in [0.1, 0.15) is 0 Å². The minimum atomic E-state index is -0.0458. The van der Waals surface area contributed by atoms with Gasteiger partial charge in [0.2, 0.25) is 5.91 Å². The second-order valence-corrected chi connectivity index (χ2v) is 7.21. The highest BCUT2D eigenvalue weighted by molar-refractivity contribution is 6.31. The summed E-state index contributed by atoms with van der Waals surface area (Å²) in [4.78, 5) is 16.7. The van der Waals surface area contributed by atoms with Crippen molar-refractivity contribution >= 4 is 28.9 Å². The van der Waals surface area contributed by atoms with E-state index in [1.165, 1.54) is 0 Å². The van der Waals surface area contributed by atoms with E-state index in [-0.39, 0.29) is 18.5 Å². The Balaban J connectivity index is 1.54. The summed E-state index contributed by atoms with van der Waals surface area (Å²) >= 11 is 6.27. The Labute approximate surface area is 165 Å². The Kier molecular flexibility index (Phi) is 6.72. The summed E-state index contributed by atoms with van der Waals surface area (Å²) in [6, 6.07) is 15.7. The summed E-state index contributed by atoms with van der Waals surface area (Å²) in [5.41, 5.74) is 2.97. The molecule has 0 saturated carbocycles. The van der Waals surface area contributed by atoms with Gasteiger partial charge in [-0.2, -0.15) is 0 Å². The molecule has 0 aromatic heterocycles. The molecule has 2 aromatic carbocycles. The number of amides is 1. The lowest BCUT2D eigenvalue weighted by atomic mass is 10.1. The average molecular weight is 388 g/mol. The Morgan fingerprint density at radius 2 is 1.85 bits per heavy atom. The molecule has 3 rings (SSSR count). The van der Waals surface area contributed by atoms with Crippen LogP contribution in [0.4, 0.5) is 11.4 Å². The smallest absolute Gasteiger partial charge is 0.238 e. The minimum absolute atomic E-state index is 0.0458. The van der Waals surface area contributed by atoms with Crippen LogP contribution in [0, 0.1) is 0 Å². The zero-order valence-electron chi connectivity index (χ0n) is 15.8. The van der Waals surface area contributed by atoms with E-state index in [1.807, 2.05) is 67.4 Å². The predicted molar refractivity (Wildman–Crippen MR) is 111 cm³/mol. The molecule has 1 atom stereocenters. The maximum Gasteiger partial charge on any atom is 0.238 e. The van der Waals surface area contributed by atoms with E-state index in [1.54, 1.807) is 0 Å². The summed E-state index contributed by atoms with van der Waals surface area (Å²) in [6.07, 6.45) is 0. The van der Waals surface area contributed by atoms with Gasteiger partial charge < -0.3 is 15.0 Å². The third-order valence-corrected chi connectivity index (χ3v) is 5.28. The van der Waals surface area contributed by atoms with Crippen LogP contribution in [-0.2, 0) is 9.53 Å². The van der Waals surface area contributed by atoms with Crippen molar-refractivity contribution < 1.29 is 9.53 Å². The fourth-order valence-corrected chi connectivity index (χ4v) is 3.49. The Hall–Kier alpha value is -2.08. The Morgan fingerprint density at radius 1 is 1.19 bits per heavy atom. The van der Waals surface area contributed by atoms with Crippen LogP contribution >= 0.6 is 11.6 Å². The molecule has 27 heavy (non-hydrogen) atoms. The lowest BCUT2D eigenvalue weighted by molar-refractivity contribution is -0.117. The fraction of sp³-hybridized carbons (Fsp3) is 0.381. The monoisotopic (exact) mass is 387 g/mol. The number of rotatable bonds is 6. The molecule has 1 heterocycles. The number of likely N-dealkylation sites (N-methyl/N-ethyl adjacent to an activating group) is 1. The maximum atomic E-state index is 12.4. The van der Waals surface area contributed by atoms with Crippen molar-refractivity contribution in [2.75, 3.05) is 50.1 Å². The lowest BCUT2D eigenvalue weighted by Crippen LogP contribution is -2.36. The van der Waals surface area contributed by atoms with Crippen LogP contribution < -0.4 is 10.2 Å². The largest absolute Gasteiger partial charge is 0.378 e. The molecule has 1 amide bonds. The second kappa shape index (κ2) is 9.22. The van der Waals surface area contributed by atoms with E-state index in [0.29, 0.717) is 0 Å². The maximum absolute atomic E-state index is 12.4. The molecule has 6 heteroatoms. The number of ether oxygens (including phenoxy) is 1. The van der Waals surface area contributed by atoms with Gasteiger partial charge in [-0.15, -0.1) is 0 Å². The van der Waals surface area contributed by atoms with Gasteiger partial charge in [-0.05, 0) is 49.9 Å². The first-order valence-electron chi connectivity index (χ1n) is 9.22. The standard InChI is InChI=1S/C21H26ClN3O2/c1-16(19-5-3-4-6-20(19)22)24(2)15-21(26)23-17-7-9-18(10-8-17)25-11-13-27-14-12-25/h3-10,16H,11-15H2,1-2H3,(H,23,26). The number of hydrogen-bond acceptors (Lipinski definition) is 4. The molecule has 0 radical (unpaired) electrons. The number of halogens is 1. The first-order chi connectivity index (χ1) is 13.0. The summed E-state index contributed by atoms with van der Waals surface area (Å²) in [5.74, 6) is -0.0458. The van der Waals surface area contributed by atoms with Gasteiger partial charge in [0.25, 0.3) is 0 Å². The first-order valence-corrected chi connectivity index (χ1v) is 9.59. The van der Waals surface area contributed by atoms with Crippen molar-refractivity contribution in [1.29, 1.82) is 0 Å². The van der Waals surface area contributed by atoms with Crippen molar-refractivity contribution in [1.82, 2.24) is 4.90 Å². The molecule has 144 valence electrons. The molecular weight excluding hydrogens is 362 g/mol. The van der Waals surface area contributed by atoms with E-state index in [0.717, 1.165) is 48.3 Å². The van der Waals surface area contributed by atoms with E-state index in [9.17, 15) is 4.79 Å². The molecule has 0 aliphatic carbocycles. The van der Waals surface area contributed by atoms with Crippen LogP contribution in [0.25, 0.3) is 0 Å². The quantitative estimate of drug-likeness (QED) is 0.818. The van der Waals surface area contributed by atoms with Gasteiger partial charge in [0.05, 0.1) is 19.8 Å². The predicted octanol–water partition coefficient (Wildman–Crippen LogP) is 3.81. The number of morpholine rings is 1. The highest BCUT2D eigenvalue weighted by Gasteiger charge is 2.17. The van der Waals surface area contributed by atoms with E-state index in [2.05, 4.69) is 10.2 Å². The Morgan fingerprint density at radius 3 is 2.52 bits per heavy atom. The highest BCUT2D eigenvalue weighted by atomic mass is 35.5. The van der Waals surface area contributed by atoms with Crippen LogP contribution in [-0.4, -0.2) is 50.7 Å². The number of carbonyl (C=O) groups is 1. The van der Waals surface area contributed by atoms with Gasteiger partial charge in [0.15, 0.2) is 0 Å². The lowest BCUT2D eigenvalue weighted by Gasteiger charge is -2.29. The zero-order chi connectivity index (χ0) is 19.2. The molecule has 0 bridgehead atoms. The van der Waals surface area contributed by atoms with Crippen LogP contribution in [0.3, 0.4) is 0 Å².